The number of carbonyl (C=O) groups excluding carboxylic acids is 2. The summed E-state index contributed by atoms with van der Waals surface area (Å²) in [7, 11) is -2.79. The van der Waals surface area contributed by atoms with Gasteiger partial charge in [0, 0.05) is 12.6 Å². The monoisotopic (exact) mass is 615 g/mol. The number of sulfonamides is 1. The Kier molecular flexibility index (Phi) is 10.5. The third-order valence-electron chi connectivity index (χ3n) is 7.39. The van der Waals surface area contributed by atoms with Crippen LogP contribution >= 0.6 is 11.6 Å². The van der Waals surface area contributed by atoms with E-state index in [2.05, 4.69) is 5.32 Å². The quantitative estimate of drug-likeness (QED) is 0.288. The van der Waals surface area contributed by atoms with Crippen LogP contribution in [0.1, 0.15) is 44.6 Å². The van der Waals surface area contributed by atoms with Crippen LogP contribution in [0.5, 0.6) is 5.75 Å². The smallest absolute Gasteiger partial charge is 0.264 e. The summed E-state index contributed by atoms with van der Waals surface area (Å²) >= 11 is 6.36. The number of carbonyl (C=O) groups is 2. The third kappa shape index (κ3) is 7.41. The fourth-order valence-corrected chi connectivity index (χ4v) is 6.81. The first-order valence-electron chi connectivity index (χ1n) is 13.9. The third-order valence-corrected chi connectivity index (χ3v) is 9.47. The first-order chi connectivity index (χ1) is 20.1. The summed E-state index contributed by atoms with van der Waals surface area (Å²) < 4.78 is 47.7. The Balaban J connectivity index is 1.72. The van der Waals surface area contributed by atoms with Gasteiger partial charge in [0.05, 0.1) is 22.7 Å². The second-order valence-electron chi connectivity index (χ2n) is 10.2. The Labute approximate surface area is 251 Å². The molecule has 1 fully saturated rings. The number of nitrogens with zero attached hydrogens (tertiary/aromatic N) is 2. The molecule has 42 heavy (non-hydrogen) atoms. The summed E-state index contributed by atoms with van der Waals surface area (Å²) in [5.74, 6) is -0.987. The molecule has 1 aliphatic rings. The number of hydrogen-bond acceptors (Lipinski definition) is 5. The van der Waals surface area contributed by atoms with Crippen LogP contribution in [0.15, 0.2) is 77.7 Å². The van der Waals surface area contributed by atoms with Crippen molar-refractivity contribution in [3.05, 3.63) is 89.2 Å². The molecule has 0 radical (unpaired) electrons. The first-order valence-corrected chi connectivity index (χ1v) is 15.7. The summed E-state index contributed by atoms with van der Waals surface area (Å²) in [5, 5.41) is 3.23. The molecule has 3 aromatic carbocycles. The number of halogens is 2. The van der Waals surface area contributed by atoms with Crippen LogP contribution < -0.4 is 14.4 Å². The van der Waals surface area contributed by atoms with Gasteiger partial charge in [-0.1, -0.05) is 61.7 Å². The van der Waals surface area contributed by atoms with Gasteiger partial charge < -0.3 is 15.0 Å². The molecule has 0 heterocycles. The number of nitrogens with one attached hydrogen (secondary N) is 1. The molecular formula is C31H35ClFN3O5S. The van der Waals surface area contributed by atoms with E-state index in [0.29, 0.717) is 17.7 Å². The van der Waals surface area contributed by atoms with E-state index in [4.69, 9.17) is 16.3 Å². The molecule has 2 amide bonds. The fraction of sp³-hybridized carbons (Fsp3) is 0.355. The van der Waals surface area contributed by atoms with Crippen molar-refractivity contribution in [1.82, 2.24) is 10.2 Å². The van der Waals surface area contributed by atoms with Crippen LogP contribution in [-0.4, -0.2) is 50.9 Å². The van der Waals surface area contributed by atoms with Gasteiger partial charge in [0.15, 0.2) is 0 Å². The lowest BCUT2D eigenvalue weighted by atomic mass is 10.1. The molecule has 1 atom stereocenters. The van der Waals surface area contributed by atoms with E-state index in [0.717, 1.165) is 30.0 Å². The molecule has 0 saturated heterocycles. The molecule has 224 valence electrons. The number of hydrogen-bond donors (Lipinski definition) is 1. The summed E-state index contributed by atoms with van der Waals surface area (Å²) in [5.41, 5.74) is 0.755. The molecular weight excluding hydrogens is 581 g/mol. The lowest BCUT2D eigenvalue weighted by molar-refractivity contribution is -0.140. The summed E-state index contributed by atoms with van der Waals surface area (Å²) in [6.45, 7) is 1.18. The molecule has 1 N–H and O–H groups in total. The van der Waals surface area contributed by atoms with E-state index in [1.54, 1.807) is 37.3 Å². The highest BCUT2D eigenvalue weighted by Crippen LogP contribution is 2.32. The number of methoxy groups -OCH3 is 1. The molecule has 8 nitrogen and oxygen atoms in total. The topological polar surface area (TPSA) is 96.0 Å². The van der Waals surface area contributed by atoms with E-state index >= 15 is 0 Å². The van der Waals surface area contributed by atoms with Gasteiger partial charge in [0.1, 0.15) is 24.2 Å². The molecule has 3 aromatic rings. The van der Waals surface area contributed by atoms with Gasteiger partial charge in [0.25, 0.3) is 10.0 Å². The second-order valence-corrected chi connectivity index (χ2v) is 12.5. The van der Waals surface area contributed by atoms with Crippen molar-refractivity contribution in [3.63, 3.8) is 0 Å². The van der Waals surface area contributed by atoms with Crippen molar-refractivity contribution in [1.29, 1.82) is 0 Å². The van der Waals surface area contributed by atoms with Gasteiger partial charge in [-0.2, -0.15) is 0 Å². The Hall–Kier alpha value is -3.63. The zero-order chi connectivity index (χ0) is 30.3. The van der Waals surface area contributed by atoms with Gasteiger partial charge in [0.2, 0.25) is 11.8 Å². The van der Waals surface area contributed by atoms with E-state index in [-0.39, 0.29) is 34.1 Å². The maximum Gasteiger partial charge on any atom is 0.264 e. The van der Waals surface area contributed by atoms with Crippen molar-refractivity contribution in [2.75, 3.05) is 18.0 Å². The number of amides is 2. The molecule has 0 bridgehead atoms. The number of ether oxygens (including phenoxy) is 1. The van der Waals surface area contributed by atoms with Gasteiger partial charge in [-0.15, -0.1) is 0 Å². The van der Waals surface area contributed by atoms with E-state index < -0.39 is 34.3 Å². The molecule has 11 heteroatoms. The summed E-state index contributed by atoms with van der Waals surface area (Å²) in [6, 6.07) is 17.0. The van der Waals surface area contributed by atoms with Crippen molar-refractivity contribution >= 4 is 39.1 Å². The normalized spacial score (nSPS) is 14.3. The highest BCUT2D eigenvalue weighted by Gasteiger charge is 2.34. The maximum absolute atomic E-state index is 14.1. The molecule has 0 aliphatic heterocycles. The molecule has 0 spiro atoms. The average molecular weight is 616 g/mol. The molecule has 4 rings (SSSR count). The Morgan fingerprint density at radius 1 is 1.05 bits per heavy atom. The minimum Gasteiger partial charge on any atom is -0.495 e. The number of anilines is 1. The standard InChI is InChI=1S/C31H35ClFN3O5S/c1-3-28(31(38)34-24-9-7-8-10-24)35(20-22-13-15-23(33)16-14-22)30(37)21-36(25-17-18-29(41-2)27(32)19-25)42(39,40)26-11-5-4-6-12-26/h4-6,11-19,24,28H,3,7-10,20-21H2,1-2H3,(H,34,38). The zero-order valence-corrected chi connectivity index (χ0v) is 25.2. The van der Waals surface area contributed by atoms with Crippen LogP contribution in [-0.2, 0) is 26.2 Å². The van der Waals surface area contributed by atoms with Crippen LogP contribution in [0.4, 0.5) is 10.1 Å². The van der Waals surface area contributed by atoms with Gasteiger partial charge in [-0.25, -0.2) is 12.8 Å². The van der Waals surface area contributed by atoms with Crippen molar-refractivity contribution in [3.8, 4) is 5.75 Å². The van der Waals surface area contributed by atoms with E-state index in [9.17, 15) is 22.4 Å². The molecule has 1 saturated carbocycles. The lowest BCUT2D eigenvalue weighted by Crippen LogP contribution is -2.53. The van der Waals surface area contributed by atoms with Gasteiger partial charge in [-0.3, -0.25) is 13.9 Å². The average Bonchev–Trinajstić information content (AvgIpc) is 3.50. The number of rotatable bonds is 12. The van der Waals surface area contributed by atoms with Crippen LogP contribution in [0.2, 0.25) is 5.02 Å². The summed E-state index contributed by atoms with van der Waals surface area (Å²) in [6.07, 6.45) is 4.09. The lowest BCUT2D eigenvalue weighted by Gasteiger charge is -2.34. The summed E-state index contributed by atoms with van der Waals surface area (Å²) in [4.78, 5) is 29.0. The highest BCUT2D eigenvalue weighted by atomic mass is 35.5. The van der Waals surface area contributed by atoms with Crippen molar-refractivity contribution in [2.24, 2.45) is 0 Å². The van der Waals surface area contributed by atoms with Crippen LogP contribution in [0, 0.1) is 5.82 Å². The maximum atomic E-state index is 14.1. The van der Waals surface area contributed by atoms with Crippen molar-refractivity contribution < 1.29 is 27.1 Å². The highest BCUT2D eigenvalue weighted by molar-refractivity contribution is 7.92. The van der Waals surface area contributed by atoms with Crippen molar-refractivity contribution in [2.45, 2.75) is 62.6 Å². The predicted octanol–water partition coefficient (Wildman–Crippen LogP) is 5.55. The number of benzene rings is 3. The van der Waals surface area contributed by atoms with Gasteiger partial charge >= 0.3 is 0 Å². The Bertz CT molecular complexity index is 1480. The molecule has 1 aliphatic carbocycles. The molecule has 1 unspecified atom stereocenters. The Morgan fingerprint density at radius 2 is 1.71 bits per heavy atom. The minimum atomic E-state index is -4.23. The first kappa shape index (κ1) is 31.3. The van der Waals surface area contributed by atoms with Crippen LogP contribution in [0.3, 0.4) is 0 Å². The van der Waals surface area contributed by atoms with Gasteiger partial charge in [-0.05, 0) is 67.3 Å². The molecule has 0 aromatic heterocycles. The predicted molar refractivity (Wildman–Crippen MR) is 160 cm³/mol. The zero-order valence-electron chi connectivity index (χ0n) is 23.6. The minimum absolute atomic E-state index is 0.0131. The Morgan fingerprint density at radius 3 is 2.31 bits per heavy atom. The fourth-order valence-electron chi connectivity index (χ4n) is 5.13. The second kappa shape index (κ2) is 14.0. The SMILES string of the molecule is CCC(C(=O)NC1CCCC1)N(Cc1ccc(F)cc1)C(=O)CN(c1ccc(OC)c(Cl)c1)S(=O)(=O)c1ccccc1. The van der Waals surface area contributed by atoms with E-state index in [1.807, 2.05) is 0 Å². The largest absolute Gasteiger partial charge is 0.495 e. The van der Waals surface area contributed by atoms with E-state index in [1.165, 1.54) is 54.5 Å². The van der Waals surface area contributed by atoms with Crippen LogP contribution in [0.25, 0.3) is 0 Å².